The fourth-order valence-corrected chi connectivity index (χ4v) is 3.05. The minimum absolute atomic E-state index is 0.341. The van der Waals surface area contributed by atoms with E-state index in [1.165, 1.54) is 11.1 Å². The third-order valence-electron chi connectivity index (χ3n) is 4.70. The van der Waals surface area contributed by atoms with Crippen molar-refractivity contribution in [1.29, 1.82) is 0 Å². The molecule has 0 spiro atoms. The molecule has 4 aromatic rings. The number of aliphatic imine (C=N–C) groups is 1. The molecule has 0 aliphatic heterocycles. The predicted octanol–water partition coefficient (Wildman–Crippen LogP) is 7.69. The Morgan fingerprint density at radius 3 is 1.67 bits per heavy atom. The summed E-state index contributed by atoms with van der Waals surface area (Å²) in [6.45, 7) is 4.20. The van der Waals surface area contributed by atoms with Gasteiger partial charge in [0.25, 0.3) is 0 Å². The van der Waals surface area contributed by atoms with Gasteiger partial charge in [-0.25, -0.2) is 0 Å². The summed E-state index contributed by atoms with van der Waals surface area (Å²) in [6, 6.07) is 41.3. The summed E-state index contributed by atoms with van der Waals surface area (Å²) >= 11 is 0. The van der Waals surface area contributed by atoms with Crippen LogP contribution in [-0.4, -0.2) is 5.71 Å². The molecular weight excluding hydrogens is 364 g/mol. The standard InChI is InChI=1S/C14H15N.C14H13N/c2*1-12(13-8-4-2-5-9-13)15-14-10-6-3-7-11-14/h2-12,15H,1H3;2-11H,1H3. The van der Waals surface area contributed by atoms with Gasteiger partial charge in [0.05, 0.1) is 5.69 Å². The lowest BCUT2D eigenvalue weighted by Crippen LogP contribution is -2.05. The summed E-state index contributed by atoms with van der Waals surface area (Å²) in [5.41, 5.74) is 5.68. The van der Waals surface area contributed by atoms with Gasteiger partial charge in [0.2, 0.25) is 0 Å². The van der Waals surface area contributed by atoms with Gasteiger partial charge in [-0.05, 0) is 49.2 Å². The van der Waals surface area contributed by atoms with Gasteiger partial charge in [-0.15, -0.1) is 0 Å². The molecule has 4 rings (SSSR count). The van der Waals surface area contributed by atoms with Crippen LogP contribution in [0.3, 0.4) is 0 Å². The van der Waals surface area contributed by atoms with Gasteiger partial charge in [-0.2, -0.15) is 0 Å². The highest BCUT2D eigenvalue weighted by Crippen LogP contribution is 2.18. The summed E-state index contributed by atoms with van der Waals surface area (Å²) in [6.07, 6.45) is 0. The normalized spacial score (nSPS) is 11.7. The van der Waals surface area contributed by atoms with E-state index < -0.39 is 0 Å². The van der Waals surface area contributed by atoms with Crippen molar-refractivity contribution in [3.8, 4) is 0 Å². The fourth-order valence-electron chi connectivity index (χ4n) is 3.05. The molecule has 0 aliphatic carbocycles. The van der Waals surface area contributed by atoms with Crippen molar-refractivity contribution >= 4 is 17.1 Å². The maximum atomic E-state index is 4.55. The zero-order valence-electron chi connectivity index (χ0n) is 17.6. The van der Waals surface area contributed by atoms with E-state index in [9.17, 15) is 0 Å². The third-order valence-corrected chi connectivity index (χ3v) is 4.70. The molecule has 0 saturated heterocycles. The molecule has 4 aromatic carbocycles. The van der Waals surface area contributed by atoms with Crippen LogP contribution in [0, 0.1) is 0 Å². The monoisotopic (exact) mass is 392 g/mol. The van der Waals surface area contributed by atoms with Gasteiger partial charge in [-0.3, -0.25) is 4.99 Å². The molecule has 0 bridgehead atoms. The number of rotatable bonds is 5. The molecule has 2 heteroatoms. The second kappa shape index (κ2) is 11.4. The van der Waals surface area contributed by atoms with E-state index in [1.54, 1.807) is 0 Å². The average molecular weight is 393 g/mol. The first-order valence-electron chi connectivity index (χ1n) is 10.2. The van der Waals surface area contributed by atoms with Crippen molar-refractivity contribution in [1.82, 2.24) is 0 Å². The van der Waals surface area contributed by atoms with Crippen LogP contribution in [0.2, 0.25) is 0 Å². The summed E-state index contributed by atoms with van der Waals surface area (Å²) in [5.74, 6) is 0. The quantitative estimate of drug-likeness (QED) is 0.346. The van der Waals surface area contributed by atoms with Crippen LogP contribution in [0.25, 0.3) is 0 Å². The Kier molecular flexibility index (Phi) is 7.99. The van der Waals surface area contributed by atoms with Crippen LogP contribution >= 0.6 is 0 Å². The summed E-state index contributed by atoms with van der Waals surface area (Å²) in [5, 5.41) is 3.46. The van der Waals surface area contributed by atoms with E-state index in [-0.39, 0.29) is 0 Å². The van der Waals surface area contributed by atoms with Crippen molar-refractivity contribution in [2.75, 3.05) is 5.32 Å². The molecule has 1 unspecified atom stereocenters. The third kappa shape index (κ3) is 6.75. The van der Waals surface area contributed by atoms with Crippen molar-refractivity contribution in [3.63, 3.8) is 0 Å². The molecule has 0 amide bonds. The smallest absolute Gasteiger partial charge is 0.0633 e. The van der Waals surface area contributed by atoms with Gasteiger partial charge in [0, 0.05) is 17.4 Å². The minimum atomic E-state index is 0.341. The van der Waals surface area contributed by atoms with Gasteiger partial charge < -0.3 is 5.32 Å². The van der Waals surface area contributed by atoms with Gasteiger partial charge >= 0.3 is 0 Å². The molecule has 0 heterocycles. The maximum Gasteiger partial charge on any atom is 0.0633 e. The van der Waals surface area contributed by atoms with Crippen molar-refractivity contribution in [3.05, 3.63) is 132 Å². The topological polar surface area (TPSA) is 24.4 Å². The highest BCUT2D eigenvalue weighted by molar-refractivity contribution is 6.00. The predicted molar refractivity (Wildman–Crippen MR) is 130 cm³/mol. The van der Waals surface area contributed by atoms with Crippen LogP contribution in [0.15, 0.2) is 126 Å². The van der Waals surface area contributed by atoms with Crippen molar-refractivity contribution in [2.24, 2.45) is 4.99 Å². The number of hydrogen-bond donors (Lipinski definition) is 1. The van der Waals surface area contributed by atoms with Gasteiger partial charge in [-0.1, -0.05) is 97.1 Å². The molecule has 2 nitrogen and oxygen atoms in total. The fraction of sp³-hybridized carbons (Fsp3) is 0.107. The van der Waals surface area contributed by atoms with Gasteiger partial charge in [0.15, 0.2) is 0 Å². The number of para-hydroxylation sites is 2. The molecule has 0 aromatic heterocycles. The molecule has 1 atom stereocenters. The first kappa shape index (κ1) is 21.1. The Balaban J connectivity index is 0.000000171. The Bertz CT molecular complexity index is 1010. The van der Waals surface area contributed by atoms with Crippen LogP contribution in [0.5, 0.6) is 0 Å². The average Bonchev–Trinajstić information content (AvgIpc) is 2.82. The maximum absolute atomic E-state index is 4.55. The van der Waals surface area contributed by atoms with Gasteiger partial charge in [0.1, 0.15) is 0 Å². The molecule has 30 heavy (non-hydrogen) atoms. The molecule has 0 fully saturated rings. The lowest BCUT2D eigenvalue weighted by molar-refractivity contribution is 0.885. The van der Waals surface area contributed by atoms with E-state index in [1.807, 2.05) is 79.7 Å². The molecule has 150 valence electrons. The summed E-state index contributed by atoms with van der Waals surface area (Å²) in [7, 11) is 0. The molecule has 0 aliphatic rings. The first-order valence-corrected chi connectivity index (χ1v) is 10.2. The molecular formula is C28H28N2. The number of benzene rings is 4. The van der Waals surface area contributed by atoms with E-state index in [0.29, 0.717) is 6.04 Å². The van der Waals surface area contributed by atoms with Crippen molar-refractivity contribution in [2.45, 2.75) is 19.9 Å². The Labute approximate surface area is 180 Å². The lowest BCUT2D eigenvalue weighted by atomic mass is 10.1. The van der Waals surface area contributed by atoms with E-state index in [2.05, 4.69) is 65.8 Å². The van der Waals surface area contributed by atoms with Crippen molar-refractivity contribution < 1.29 is 0 Å². The summed E-state index contributed by atoms with van der Waals surface area (Å²) < 4.78 is 0. The first-order chi connectivity index (χ1) is 14.7. The number of hydrogen-bond acceptors (Lipinski definition) is 2. The van der Waals surface area contributed by atoms with Crippen LogP contribution in [0.4, 0.5) is 11.4 Å². The zero-order chi connectivity index (χ0) is 21.0. The van der Waals surface area contributed by atoms with E-state index in [4.69, 9.17) is 0 Å². The zero-order valence-corrected chi connectivity index (χ0v) is 17.6. The SMILES string of the molecule is CC(=Nc1ccccc1)c1ccccc1.CC(Nc1ccccc1)c1ccccc1. The lowest BCUT2D eigenvalue weighted by Gasteiger charge is -2.15. The minimum Gasteiger partial charge on any atom is -0.379 e. The van der Waals surface area contributed by atoms with E-state index >= 15 is 0 Å². The van der Waals surface area contributed by atoms with Crippen LogP contribution < -0.4 is 5.32 Å². The molecule has 0 saturated carbocycles. The van der Waals surface area contributed by atoms with E-state index in [0.717, 1.165) is 17.1 Å². The number of nitrogens with one attached hydrogen (secondary N) is 1. The Hall–Kier alpha value is -3.65. The largest absolute Gasteiger partial charge is 0.379 e. The number of nitrogens with zero attached hydrogens (tertiary/aromatic N) is 1. The van der Waals surface area contributed by atoms with Crippen LogP contribution in [-0.2, 0) is 0 Å². The highest BCUT2D eigenvalue weighted by atomic mass is 14.9. The summed E-state index contributed by atoms with van der Waals surface area (Å²) in [4.78, 5) is 4.55. The second-order valence-electron chi connectivity index (χ2n) is 7.04. The number of anilines is 1. The molecule has 1 N–H and O–H groups in total. The molecule has 0 radical (unpaired) electrons. The second-order valence-corrected chi connectivity index (χ2v) is 7.04. The highest BCUT2D eigenvalue weighted by Gasteiger charge is 2.03. The Morgan fingerprint density at radius 2 is 1.10 bits per heavy atom. The van der Waals surface area contributed by atoms with Crippen LogP contribution in [0.1, 0.15) is 31.0 Å². The Morgan fingerprint density at radius 1 is 0.633 bits per heavy atom.